The standard InChI is InChI=1S/C23H23F2N5O2S.C20H18N4O3S/c1-30(10-19(24)25)23(31)12-3-4-15-18(7-12)33-22-20(15)21(27-11-28-22)29-16-5-13-8-26-9-14(13)6-17(16)32-2;1-27-15-5-12-8-21-7-11(12)4-14(15)24-18-17-13-3-2-10(20(25)26)6-16(13)28-19(17)23-9-22-18/h5-6,8,11-12,19H,3-4,7,9-10H2,1-2H3,(H,27,28,29);4-5,7,9-10H,2-3,6,8H2,1H3,(H,25,26)(H,22,23,24). The molecule has 61 heavy (non-hydrogen) atoms. The molecular formula is C43H41F2N9O5S2. The lowest BCUT2D eigenvalue weighted by molar-refractivity contribution is -0.142. The first-order chi connectivity index (χ1) is 29.6. The number of alkyl halides is 2. The number of benzene rings is 2. The van der Waals surface area contributed by atoms with E-state index in [-0.39, 0.29) is 17.7 Å². The predicted molar refractivity (Wildman–Crippen MR) is 232 cm³/mol. The highest BCUT2D eigenvalue weighted by Gasteiger charge is 2.32. The molecule has 6 heterocycles. The summed E-state index contributed by atoms with van der Waals surface area (Å²) in [6, 6.07) is 8.02. The van der Waals surface area contributed by atoms with E-state index in [4.69, 9.17) is 9.47 Å². The highest BCUT2D eigenvalue weighted by atomic mass is 32.1. The van der Waals surface area contributed by atoms with Crippen molar-refractivity contribution in [2.75, 3.05) is 38.4 Å². The van der Waals surface area contributed by atoms with Crippen molar-refractivity contribution in [3.63, 3.8) is 0 Å². The minimum atomic E-state index is -2.53. The number of carbonyl (C=O) groups excluding carboxylic acids is 1. The van der Waals surface area contributed by atoms with E-state index < -0.39 is 18.9 Å². The Bertz CT molecular complexity index is 2770. The molecular weight excluding hydrogens is 825 g/mol. The predicted octanol–water partition coefficient (Wildman–Crippen LogP) is 7.77. The molecule has 0 spiro atoms. The molecule has 4 aromatic heterocycles. The van der Waals surface area contributed by atoms with Gasteiger partial charge in [0.1, 0.15) is 45.5 Å². The summed E-state index contributed by atoms with van der Waals surface area (Å²) in [6.45, 7) is 0.780. The van der Waals surface area contributed by atoms with Gasteiger partial charge < -0.3 is 30.1 Å². The summed E-state index contributed by atoms with van der Waals surface area (Å²) in [4.78, 5) is 55.6. The molecule has 14 nitrogen and oxygen atoms in total. The fraction of sp³-hybridized carbons (Fsp3) is 0.349. The van der Waals surface area contributed by atoms with Crippen LogP contribution in [0.5, 0.6) is 11.5 Å². The van der Waals surface area contributed by atoms with Crippen molar-refractivity contribution in [3.8, 4) is 11.5 Å². The van der Waals surface area contributed by atoms with Crippen molar-refractivity contribution in [1.29, 1.82) is 0 Å². The molecule has 0 bridgehead atoms. The topological polar surface area (TPSA) is 176 Å². The number of amides is 1. The Kier molecular flexibility index (Phi) is 11.0. The second-order valence-corrected chi connectivity index (χ2v) is 17.5. The first kappa shape index (κ1) is 40.3. The van der Waals surface area contributed by atoms with Crippen LogP contribution in [0, 0.1) is 11.8 Å². The monoisotopic (exact) mass is 865 g/mol. The number of thiophene rings is 2. The maximum atomic E-state index is 12.7. The van der Waals surface area contributed by atoms with Crippen molar-refractivity contribution in [2.24, 2.45) is 21.8 Å². The minimum Gasteiger partial charge on any atom is -0.495 e. The summed E-state index contributed by atoms with van der Waals surface area (Å²) >= 11 is 3.11. The zero-order chi connectivity index (χ0) is 42.4. The number of aliphatic carboxylic acids is 1. The van der Waals surface area contributed by atoms with Gasteiger partial charge in [-0.15, -0.1) is 22.7 Å². The van der Waals surface area contributed by atoms with Crippen LogP contribution >= 0.6 is 22.7 Å². The van der Waals surface area contributed by atoms with E-state index in [2.05, 4.69) is 40.6 Å². The number of aromatic nitrogens is 4. The SMILES string of the molecule is COc1cc2c(cc1Nc1ncnc3sc4c(c13)CCC(C(=O)N(C)CC(F)F)C4)C=NC2.COc1cc2c(cc1Nc1ncnc3sc4c(c13)CCC(C(=O)O)C4)C=NC2. The molecule has 18 heteroatoms. The van der Waals surface area contributed by atoms with Gasteiger partial charge in [-0.25, -0.2) is 28.7 Å². The zero-order valence-electron chi connectivity index (χ0n) is 33.5. The van der Waals surface area contributed by atoms with Gasteiger partial charge in [0.25, 0.3) is 6.43 Å². The number of carboxylic acid groups (broad SMARTS) is 1. The van der Waals surface area contributed by atoms with Crippen LogP contribution in [0.1, 0.15) is 56.0 Å². The van der Waals surface area contributed by atoms with Crippen LogP contribution in [0.3, 0.4) is 0 Å². The number of ether oxygens (including phenoxy) is 2. The lowest BCUT2D eigenvalue weighted by Crippen LogP contribution is -2.38. The van der Waals surface area contributed by atoms with Crippen molar-refractivity contribution >= 4 is 90.4 Å². The Balaban J connectivity index is 0.000000158. The van der Waals surface area contributed by atoms with Crippen LogP contribution in [0.2, 0.25) is 0 Å². The van der Waals surface area contributed by atoms with Crippen molar-refractivity contribution < 1.29 is 33.0 Å². The number of methoxy groups -OCH3 is 2. The Morgan fingerprint density at radius 3 is 1.75 bits per heavy atom. The van der Waals surface area contributed by atoms with E-state index in [1.165, 1.54) is 30.3 Å². The van der Waals surface area contributed by atoms with Crippen molar-refractivity contribution in [2.45, 2.75) is 58.0 Å². The summed E-state index contributed by atoms with van der Waals surface area (Å²) in [5, 5.41) is 18.1. The number of hydrogen-bond acceptors (Lipinski definition) is 14. The largest absolute Gasteiger partial charge is 0.495 e. The van der Waals surface area contributed by atoms with Crippen molar-refractivity contribution in [1.82, 2.24) is 24.8 Å². The lowest BCUT2D eigenvalue weighted by Gasteiger charge is -2.26. The number of aliphatic imine (C=N–C) groups is 2. The molecule has 1 amide bonds. The Morgan fingerprint density at radius 1 is 0.787 bits per heavy atom. The summed E-state index contributed by atoms with van der Waals surface area (Å²) in [5.41, 5.74) is 8.29. The average Bonchev–Trinajstić information content (AvgIpc) is 4.07. The molecule has 2 aliphatic carbocycles. The van der Waals surface area contributed by atoms with Gasteiger partial charge in [-0.3, -0.25) is 19.6 Å². The summed E-state index contributed by atoms with van der Waals surface area (Å²) < 4.78 is 36.6. The molecule has 2 atom stereocenters. The molecule has 0 saturated carbocycles. The maximum Gasteiger partial charge on any atom is 0.306 e. The number of fused-ring (bicyclic) bond motifs is 8. The van der Waals surface area contributed by atoms with E-state index in [1.807, 2.05) is 36.7 Å². The fourth-order valence-corrected chi connectivity index (χ4v) is 11.0. The molecule has 2 aliphatic heterocycles. The van der Waals surface area contributed by atoms with Gasteiger partial charge in [0.15, 0.2) is 0 Å². The van der Waals surface area contributed by atoms with Crippen LogP contribution in [-0.2, 0) is 48.4 Å². The quantitative estimate of drug-likeness (QED) is 0.123. The van der Waals surface area contributed by atoms with Crippen LogP contribution in [0.25, 0.3) is 20.4 Å². The summed E-state index contributed by atoms with van der Waals surface area (Å²) in [7, 11) is 4.72. The van der Waals surface area contributed by atoms with E-state index in [9.17, 15) is 23.5 Å². The lowest BCUT2D eigenvalue weighted by atomic mass is 9.87. The molecule has 3 N–H and O–H groups in total. The molecule has 4 aliphatic rings. The number of aryl methyl sites for hydroxylation is 2. The van der Waals surface area contributed by atoms with E-state index >= 15 is 0 Å². The second-order valence-electron chi connectivity index (χ2n) is 15.3. The van der Waals surface area contributed by atoms with Crippen LogP contribution in [-0.4, -0.2) is 88.5 Å². The molecule has 2 unspecified atom stereocenters. The zero-order valence-corrected chi connectivity index (χ0v) is 35.1. The Morgan fingerprint density at radius 2 is 1.28 bits per heavy atom. The van der Waals surface area contributed by atoms with Crippen molar-refractivity contribution in [3.05, 3.63) is 80.1 Å². The molecule has 0 radical (unpaired) electrons. The summed E-state index contributed by atoms with van der Waals surface area (Å²) in [5.74, 6) is 1.30. The van der Waals surface area contributed by atoms with Gasteiger partial charge >= 0.3 is 5.97 Å². The third-order valence-corrected chi connectivity index (χ3v) is 13.9. The van der Waals surface area contributed by atoms with Gasteiger partial charge in [-0.1, -0.05) is 0 Å². The number of rotatable bonds is 10. The number of nitrogens with zero attached hydrogens (tertiary/aromatic N) is 7. The fourth-order valence-electron chi connectivity index (χ4n) is 8.50. The van der Waals surface area contributed by atoms with Crippen LogP contribution < -0.4 is 20.1 Å². The number of nitrogens with one attached hydrogen (secondary N) is 2. The van der Waals surface area contributed by atoms with E-state index in [1.54, 1.807) is 31.9 Å². The highest BCUT2D eigenvalue weighted by molar-refractivity contribution is 7.19. The number of carboxylic acids is 1. The molecule has 314 valence electrons. The molecule has 2 aromatic carbocycles. The third-order valence-electron chi connectivity index (χ3n) is 11.6. The third kappa shape index (κ3) is 7.85. The first-order valence-electron chi connectivity index (χ1n) is 19.8. The highest BCUT2D eigenvalue weighted by Crippen LogP contribution is 2.44. The first-order valence-corrected chi connectivity index (χ1v) is 21.4. The molecule has 10 rings (SSSR count). The van der Waals surface area contributed by atoms with E-state index in [0.717, 1.165) is 92.3 Å². The summed E-state index contributed by atoms with van der Waals surface area (Å²) in [6.07, 6.45) is 7.98. The Labute approximate surface area is 356 Å². The van der Waals surface area contributed by atoms with Crippen LogP contribution in [0.4, 0.5) is 31.8 Å². The Hall–Kier alpha value is -6.14. The molecule has 0 saturated heterocycles. The number of halogens is 2. The molecule has 0 fully saturated rings. The minimum absolute atomic E-state index is 0.229. The molecule has 6 aromatic rings. The van der Waals surface area contributed by atoms with Gasteiger partial charge in [-0.2, -0.15) is 0 Å². The van der Waals surface area contributed by atoms with Crippen LogP contribution in [0.15, 0.2) is 46.9 Å². The maximum absolute atomic E-state index is 12.7. The van der Waals surface area contributed by atoms with Gasteiger partial charge in [0.2, 0.25) is 5.91 Å². The second kappa shape index (κ2) is 16.7. The number of anilines is 4. The number of hydrogen-bond donors (Lipinski definition) is 3. The smallest absolute Gasteiger partial charge is 0.306 e. The average molecular weight is 866 g/mol. The van der Waals surface area contributed by atoms with E-state index in [0.29, 0.717) is 56.8 Å². The normalized spacial score (nSPS) is 17.0. The number of carbonyl (C=O) groups is 2. The van der Waals surface area contributed by atoms with Gasteiger partial charge in [-0.05, 0) is 96.2 Å². The van der Waals surface area contributed by atoms with Gasteiger partial charge in [0.05, 0.1) is 61.9 Å². The van der Waals surface area contributed by atoms with Gasteiger partial charge in [0, 0.05) is 35.1 Å².